The van der Waals surface area contributed by atoms with Gasteiger partial charge in [0.15, 0.2) is 11.6 Å². The lowest BCUT2D eigenvalue weighted by molar-refractivity contribution is 0.436. The average Bonchev–Trinajstić information content (AvgIpc) is 3.49. The molecule has 0 N–H and O–H groups in total. The lowest BCUT2D eigenvalue weighted by atomic mass is 9.66. The second-order valence-corrected chi connectivity index (χ2v) is 13.1. The van der Waals surface area contributed by atoms with Crippen LogP contribution in [0.25, 0.3) is 45.0 Å². The van der Waals surface area contributed by atoms with Gasteiger partial charge in [-0.1, -0.05) is 140 Å². The van der Waals surface area contributed by atoms with E-state index in [4.69, 9.17) is 19.7 Å². The van der Waals surface area contributed by atoms with Crippen LogP contribution in [0, 0.1) is 0 Å². The number of hydrogen-bond acceptors (Lipinski definition) is 4. The zero-order chi connectivity index (χ0) is 33.1. The maximum absolute atomic E-state index is 6.68. The first-order chi connectivity index (χ1) is 24.8. The molecule has 0 saturated carbocycles. The quantitative estimate of drug-likeness (QED) is 0.192. The fraction of sp³-hybridized carbons (Fsp3) is 0.0652. The fourth-order valence-corrected chi connectivity index (χ4v) is 8.05. The van der Waals surface area contributed by atoms with Gasteiger partial charge in [-0.25, -0.2) is 15.0 Å². The molecule has 1 aliphatic heterocycles. The highest BCUT2D eigenvalue weighted by atomic mass is 16.5. The topological polar surface area (TPSA) is 47.9 Å². The zero-order valence-electron chi connectivity index (χ0n) is 27.2. The number of nitrogens with zero attached hydrogens (tertiary/aromatic N) is 3. The van der Waals surface area contributed by atoms with Gasteiger partial charge in [-0.05, 0) is 70.1 Å². The van der Waals surface area contributed by atoms with Crippen molar-refractivity contribution in [1.82, 2.24) is 15.0 Å². The molecule has 2 aliphatic carbocycles. The van der Waals surface area contributed by atoms with Gasteiger partial charge < -0.3 is 4.74 Å². The molecule has 0 radical (unpaired) electrons. The van der Waals surface area contributed by atoms with Crippen molar-refractivity contribution in [3.05, 3.63) is 198 Å². The summed E-state index contributed by atoms with van der Waals surface area (Å²) in [7, 11) is 0. The summed E-state index contributed by atoms with van der Waals surface area (Å²) in [6.45, 7) is 0. The van der Waals surface area contributed by atoms with Crippen LogP contribution in [-0.4, -0.2) is 15.0 Å². The molecule has 0 amide bonds. The van der Waals surface area contributed by atoms with Crippen LogP contribution >= 0.6 is 0 Å². The third-order valence-electron chi connectivity index (χ3n) is 10.3. The van der Waals surface area contributed by atoms with Crippen LogP contribution in [0.4, 0.5) is 0 Å². The van der Waals surface area contributed by atoms with E-state index in [1.54, 1.807) is 0 Å². The normalized spacial score (nSPS) is 15.9. The summed E-state index contributed by atoms with van der Waals surface area (Å²) < 4.78 is 6.68. The molecule has 2 heterocycles. The van der Waals surface area contributed by atoms with Crippen LogP contribution in [0.5, 0.6) is 11.5 Å². The second-order valence-electron chi connectivity index (χ2n) is 13.1. The van der Waals surface area contributed by atoms with Gasteiger partial charge in [-0.15, -0.1) is 0 Å². The smallest absolute Gasteiger partial charge is 0.163 e. The van der Waals surface area contributed by atoms with Crippen LogP contribution in [0.3, 0.4) is 0 Å². The summed E-state index contributed by atoms with van der Waals surface area (Å²) in [5.41, 5.74) is 10.8. The standard InChI is InChI=1S/C46H31N3O/c1-3-14-30(15-4-1)32-18-13-19-33(28-32)44-47-43(31-16-5-2-6-17-31)48-45(49-44)34-26-27-42-40(29-34)46(39-24-11-12-25-41(39)50-42)37-22-9-7-20-35(37)36-21-8-10-23-38(36)46/h1-16,18-29,31H,17H2. The number of hydrogen-bond donors (Lipinski definition) is 0. The highest BCUT2D eigenvalue weighted by Gasteiger charge is 2.51. The average molecular weight is 642 g/mol. The van der Waals surface area contributed by atoms with Crippen molar-refractivity contribution in [1.29, 1.82) is 0 Å². The molecule has 6 aromatic carbocycles. The van der Waals surface area contributed by atoms with E-state index >= 15 is 0 Å². The molecule has 1 spiro atoms. The highest BCUT2D eigenvalue weighted by Crippen LogP contribution is 2.62. The van der Waals surface area contributed by atoms with E-state index in [9.17, 15) is 0 Å². The van der Waals surface area contributed by atoms with Crippen molar-refractivity contribution in [2.75, 3.05) is 0 Å². The summed E-state index contributed by atoms with van der Waals surface area (Å²) in [6, 6.07) is 51.4. The summed E-state index contributed by atoms with van der Waals surface area (Å²) in [4.78, 5) is 15.5. The molecule has 1 aromatic heterocycles. The molecular weight excluding hydrogens is 611 g/mol. The van der Waals surface area contributed by atoms with Gasteiger partial charge in [0, 0.05) is 28.2 Å². The lowest BCUT2D eigenvalue weighted by Crippen LogP contribution is -2.32. The van der Waals surface area contributed by atoms with Gasteiger partial charge in [-0.2, -0.15) is 0 Å². The van der Waals surface area contributed by atoms with Crippen molar-refractivity contribution in [2.45, 2.75) is 17.8 Å². The Bertz CT molecular complexity index is 2470. The molecule has 0 fully saturated rings. The fourth-order valence-electron chi connectivity index (χ4n) is 8.05. The maximum atomic E-state index is 6.68. The van der Waals surface area contributed by atoms with E-state index < -0.39 is 5.41 Å². The first-order valence-corrected chi connectivity index (χ1v) is 17.1. The molecule has 1 atom stereocenters. The summed E-state index contributed by atoms with van der Waals surface area (Å²) in [5, 5.41) is 0. The Morgan fingerprint density at radius 1 is 0.480 bits per heavy atom. The van der Waals surface area contributed by atoms with Crippen LogP contribution in [0.15, 0.2) is 170 Å². The molecule has 4 heteroatoms. The predicted molar refractivity (Wildman–Crippen MR) is 199 cm³/mol. The van der Waals surface area contributed by atoms with E-state index in [2.05, 4.69) is 158 Å². The number of benzene rings is 6. The Kier molecular flexibility index (Phi) is 6.50. The largest absolute Gasteiger partial charge is 0.457 e. The van der Waals surface area contributed by atoms with Crippen molar-refractivity contribution < 1.29 is 4.74 Å². The van der Waals surface area contributed by atoms with Crippen molar-refractivity contribution in [2.24, 2.45) is 0 Å². The molecule has 4 nitrogen and oxygen atoms in total. The monoisotopic (exact) mass is 641 g/mol. The van der Waals surface area contributed by atoms with Crippen LogP contribution in [-0.2, 0) is 5.41 Å². The van der Waals surface area contributed by atoms with E-state index in [1.165, 1.54) is 22.3 Å². The Morgan fingerprint density at radius 2 is 1.10 bits per heavy atom. The third kappa shape index (κ3) is 4.35. The minimum absolute atomic E-state index is 0.0607. The van der Waals surface area contributed by atoms with Gasteiger partial charge in [0.05, 0.1) is 5.41 Å². The molecule has 0 bridgehead atoms. The van der Waals surface area contributed by atoms with Crippen LogP contribution < -0.4 is 4.74 Å². The second kappa shape index (κ2) is 11.4. The lowest BCUT2D eigenvalue weighted by Gasteiger charge is -2.39. The van der Waals surface area contributed by atoms with Gasteiger partial charge in [0.1, 0.15) is 17.3 Å². The molecule has 0 saturated heterocycles. The number of fused-ring (bicyclic) bond motifs is 9. The van der Waals surface area contributed by atoms with Gasteiger partial charge in [0.2, 0.25) is 0 Å². The van der Waals surface area contributed by atoms with Crippen molar-refractivity contribution in [3.8, 4) is 56.5 Å². The SMILES string of the molecule is C1=CCC(c2nc(-c3cccc(-c4ccccc4)c3)nc(-c3ccc4c(c3)C3(c5ccccc5O4)c4ccccc4-c4ccccc43)n2)C=C1. The van der Waals surface area contributed by atoms with Gasteiger partial charge >= 0.3 is 0 Å². The minimum atomic E-state index is -0.563. The molecule has 7 aromatic rings. The summed E-state index contributed by atoms with van der Waals surface area (Å²) in [6.07, 6.45) is 9.37. The number of aromatic nitrogens is 3. The Hall–Kier alpha value is -6.39. The Morgan fingerprint density at radius 3 is 1.84 bits per heavy atom. The minimum Gasteiger partial charge on any atom is -0.457 e. The highest BCUT2D eigenvalue weighted by molar-refractivity contribution is 5.89. The van der Waals surface area contributed by atoms with E-state index in [-0.39, 0.29) is 5.92 Å². The summed E-state index contributed by atoms with van der Waals surface area (Å²) in [5.74, 6) is 3.85. The maximum Gasteiger partial charge on any atom is 0.163 e. The van der Waals surface area contributed by atoms with Gasteiger partial charge in [-0.3, -0.25) is 0 Å². The Balaban J connectivity index is 1.19. The molecule has 10 rings (SSSR count). The van der Waals surface area contributed by atoms with E-state index in [1.807, 2.05) is 12.1 Å². The number of para-hydroxylation sites is 1. The predicted octanol–water partition coefficient (Wildman–Crippen LogP) is 10.9. The first-order valence-electron chi connectivity index (χ1n) is 17.1. The first kappa shape index (κ1) is 28.6. The molecule has 3 aliphatic rings. The van der Waals surface area contributed by atoms with Gasteiger partial charge in [0.25, 0.3) is 0 Å². The zero-order valence-corrected chi connectivity index (χ0v) is 27.2. The molecular formula is C46H31N3O. The van der Waals surface area contributed by atoms with E-state index in [0.717, 1.165) is 57.1 Å². The molecule has 236 valence electrons. The molecule has 1 unspecified atom stereocenters. The van der Waals surface area contributed by atoms with Crippen LogP contribution in [0.1, 0.15) is 40.4 Å². The van der Waals surface area contributed by atoms with Crippen molar-refractivity contribution in [3.63, 3.8) is 0 Å². The van der Waals surface area contributed by atoms with Crippen LogP contribution in [0.2, 0.25) is 0 Å². The number of allylic oxidation sites excluding steroid dienone is 4. The number of ether oxygens (including phenoxy) is 1. The van der Waals surface area contributed by atoms with Crippen molar-refractivity contribution >= 4 is 0 Å². The Labute approximate surface area is 291 Å². The molecule has 50 heavy (non-hydrogen) atoms. The number of rotatable bonds is 4. The van der Waals surface area contributed by atoms with E-state index in [0.29, 0.717) is 11.6 Å². The third-order valence-corrected chi connectivity index (χ3v) is 10.3. The summed E-state index contributed by atoms with van der Waals surface area (Å²) >= 11 is 0.